The predicted molar refractivity (Wildman–Crippen MR) is 83.6 cm³/mol. The van der Waals surface area contributed by atoms with Crippen molar-refractivity contribution in [3.8, 4) is 11.3 Å². The van der Waals surface area contributed by atoms with Crippen LogP contribution in [0.3, 0.4) is 0 Å². The minimum absolute atomic E-state index is 0.145. The maximum Gasteiger partial charge on any atom is 0.179 e. The Morgan fingerprint density at radius 3 is 2.53 bits per heavy atom. The molecule has 0 aliphatic carbocycles. The van der Waals surface area contributed by atoms with Crippen LogP contribution in [0.15, 0.2) is 29.2 Å². The molecule has 0 aliphatic heterocycles. The van der Waals surface area contributed by atoms with Gasteiger partial charge in [-0.15, -0.1) is 0 Å². The van der Waals surface area contributed by atoms with E-state index in [1.54, 1.807) is 0 Å². The van der Waals surface area contributed by atoms with Crippen LogP contribution in [0, 0.1) is 14.7 Å². The number of benzene rings is 1. The van der Waals surface area contributed by atoms with E-state index in [0.717, 1.165) is 28.7 Å². The van der Waals surface area contributed by atoms with Crippen molar-refractivity contribution in [2.45, 2.75) is 11.8 Å². The first kappa shape index (κ1) is 14.5. The number of aryl methyl sites for hydroxylation is 1. The van der Waals surface area contributed by atoms with Gasteiger partial charge in [-0.25, -0.2) is 8.42 Å². The quantitative estimate of drug-likeness (QED) is 0.849. The Bertz CT molecular complexity index is 847. The predicted octanol–water partition coefficient (Wildman–Crippen LogP) is 3.91. The van der Waals surface area contributed by atoms with Gasteiger partial charge in [0.25, 0.3) is 0 Å². The van der Waals surface area contributed by atoms with Crippen LogP contribution in [0.2, 0.25) is 0 Å². The fraction of sp³-hybridized carbons (Fsp3) is 0.167. The fourth-order valence-corrected chi connectivity index (χ4v) is 5.01. The zero-order valence-electron chi connectivity index (χ0n) is 10.3. The molecule has 7 heteroatoms. The number of aromatic amines is 1. The summed E-state index contributed by atoms with van der Waals surface area (Å²) in [5.74, 6) is 0. The summed E-state index contributed by atoms with van der Waals surface area (Å²) in [6, 6.07) is 7.54. The Kier molecular flexibility index (Phi) is 4.00. The second-order valence-electron chi connectivity index (χ2n) is 4.15. The minimum atomic E-state index is -3.41. The third kappa shape index (κ3) is 3.17. The largest absolute Gasteiger partial charge is 0.336 e. The van der Waals surface area contributed by atoms with Gasteiger partial charge in [0, 0.05) is 6.26 Å². The van der Waals surface area contributed by atoms with E-state index in [4.69, 9.17) is 24.4 Å². The van der Waals surface area contributed by atoms with Crippen molar-refractivity contribution in [2.75, 3.05) is 6.26 Å². The molecule has 0 amide bonds. The lowest BCUT2D eigenvalue weighted by atomic mass is 10.1. The molecular formula is C12H11NO2S4. The smallest absolute Gasteiger partial charge is 0.179 e. The van der Waals surface area contributed by atoms with E-state index in [0.29, 0.717) is 13.5 Å². The van der Waals surface area contributed by atoms with E-state index in [1.807, 2.05) is 31.2 Å². The molecule has 2 rings (SSSR count). The molecule has 2 aromatic rings. The first-order valence-electron chi connectivity index (χ1n) is 5.33. The average molecular weight is 329 g/mol. The van der Waals surface area contributed by atoms with Gasteiger partial charge in [-0.3, -0.25) is 0 Å². The van der Waals surface area contributed by atoms with Crippen molar-refractivity contribution in [1.29, 1.82) is 0 Å². The molecule has 1 aromatic carbocycles. The van der Waals surface area contributed by atoms with Crippen molar-refractivity contribution in [1.82, 2.24) is 4.98 Å². The van der Waals surface area contributed by atoms with Crippen LogP contribution in [-0.4, -0.2) is 19.7 Å². The van der Waals surface area contributed by atoms with Gasteiger partial charge in [-0.1, -0.05) is 47.3 Å². The second kappa shape index (κ2) is 5.24. The first-order valence-corrected chi connectivity index (χ1v) is 8.86. The van der Waals surface area contributed by atoms with Crippen molar-refractivity contribution >= 4 is 45.6 Å². The molecule has 1 aromatic heterocycles. The summed E-state index contributed by atoms with van der Waals surface area (Å²) >= 11 is 11.4. The molecule has 0 radical (unpaired) electrons. The molecule has 19 heavy (non-hydrogen) atoms. The maximum absolute atomic E-state index is 11.9. The van der Waals surface area contributed by atoms with Crippen molar-refractivity contribution in [2.24, 2.45) is 0 Å². The molecule has 3 nitrogen and oxygen atoms in total. The van der Waals surface area contributed by atoms with Crippen LogP contribution in [0.1, 0.15) is 5.56 Å². The van der Waals surface area contributed by atoms with Crippen LogP contribution in [0.4, 0.5) is 0 Å². The lowest BCUT2D eigenvalue weighted by Gasteiger charge is -2.08. The highest BCUT2D eigenvalue weighted by Crippen LogP contribution is 2.28. The molecule has 0 saturated heterocycles. The van der Waals surface area contributed by atoms with Crippen LogP contribution >= 0.6 is 35.8 Å². The van der Waals surface area contributed by atoms with E-state index in [9.17, 15) is 8.42 Å². The number of nitrogens with one attached hydrogen (secondary N) is 1. The summed E-state index contributed by atoms with van der Waals surface area (Å²) in [6.07, 6.45) is 1.15. The zero-order chi connectivity index (χ0) is 14.2. The van der Waals surface area contributed by atoms with E-state index in [2.05, 4.69) is 4.98 Å². The van der Waals surface area contributed by atoms with Gasteiger partial charge in [0.05, 0.1) is 5.69 Å². The third-order valence-corrected chi connectivity index (χ3v) is 5.39. The van der Waals surface area contributed by atoms with Crippen molar-refractivity contribution in [3.63, 3.8) is 0 Å². The highest BCUT2D eigenvalue weighted by atomic mass is 32.2. The normalized spacial score (nSPS) is 11.5. The van der Waals surface area contributed by atoms with E-state index in [1.165, 1.54) is 0 Å². The monoisotopic (exact) mass is 329 g/mol. The molecule has 0 saturated carbocycles. The van der Waals surface area contributed by atoms with Crippen LogP contribution in [0.5, 0.6) is 0 Å². The summed E-state index contributed by atoms with van der Waals surface area (Å²) in [4.78, 5) is 3.10. The van der Waals surface area contributed by atoms with Gasteiger partial charge >= 0.3 is 0 Å². The Labute approximate surface area is 125 Å². The third-order valence-electron chi connectivity index (χ3n) is 2.50. The zero-order valence-corrected chi connectivity index (χ0v) is 13.5. The van der Waals surface area contributed by atoms with Crippen molar-refractivity contribution in [3.05, 3.63) is 37.6 Å². The Balaban J connectivity index is 2.91. The van der Waals surface area contributed by atoms with Crippen LogP contribution < -0.4 is 0 Å². The van der Waals surface area contributed by atoms with Gasteiger partial charge in [-0.05, 0) is 30.8 Å². The molecule has 100 valence electrons. The highest BCUT2D eigenvalue weighted by molar-refractivity contribution is 7.91. The van der Waals surface area contributed by atoms with Crippen LogP contribution in [0.25, 0.3) is 11.3 Å². The summed E-state index contributed by atoms with van der Waals surface area (Å²) in [5.41, 5.74) is 2.28. The van der Waals surface area contributed by atoms with Gasteiger partial charge in [0.1, 0.15) is 8.72 Å². The summed E-state index contributed by atoms with van der Waals surface area (Å²) in [6.45, 7) is 1.94. The number of H-pyrrole nitrogens is 1. The molecule has 1 N–H and O–H groups in total. The van der Waals surface area contributed by atoms with Crippen molar-refractivity contribution < 1.29 is 8.42 Å². The summed E-state index contributed by atoms with van der Waals surface area (Å²) < 4.78 is 24.6. The van der Waals surface area contributed by atoms with Gasteiger partial charge in [-0.2, -0.15) is 0 Å². The topological polar surface area (TPSA) is 49.9 Å². The highest BCUT2D eigenvalue weighted by Gasteiger charge is 2.18. The second-order valence-corrected chi connectivity index (χ2v) is 8.45. The van der Waals surface area contributed by atoms with Crippen LogP contribution in [-0.2, 0) is 9.84 Å². The van der Waals surface area contributed by atoms with Gasteiger partial charge in [0.2, 0.25) is 0 Å². The van der Waals surface area contributed by atoms with E-state index >= 15 is 0 Å². The molecule has 0 unspecified atom stereocenters. The standard InChI is InChI=1S/C12H11NO2S4/c1-7-4-3-5-8(6-7)9-10(19(2,14)15)11(16)18-12(17)13-9/h3-6H,1-2H3,(H,13,17). The van der Waals surface area contributed by atoms with E-state index < -0.39 is 9.84 Å². The fourth-order valence-electron chi connectivity index (χ4n) is 1.76. The molecule has 0 aliphatic rings. The Hall–Kier alpha value is -0.890. The molecular weight excluding hydrogens is 318 g/mol. The van der Waals surface area contributed by atoms with E-state index in [-0.39, 0.29) is 4.90 Å². The molecule has 0 fully saturated rings. The number of rotatable bonds is 2. The lowest BCUT2D eigenvalue weighted by molar-refractivity contribution is 0.602. The molecule has 0 atom stereocenters. The number of hydrogen-bond acceptors (Lipinski definition) is 5. The van der Waals surface area contributed by atoms with Gasteiger partial charge < -0.3 is 4.98 Å². The van der Waals surface area contributed by atoms with Gasteiger partial charge in [0.15, 0.2) is 13.8 Å². The lowest BCUT2D eigenvalue weighted by Crippen LogP contribution is -2.02. The minimum Gasteiger partial charge on any atom is -0.336 e. The molecule has 1 heterocycles. The first-order chi connectivity index (χ1) is 8.79. The molecule has 0 spiro atoms. The molecule has 0 bridgehead atoms. The summed E-state index contributed by atoms with van der Waals surface area (Å²) in [7, 11) is -3.41. The number of hydrogen-bond donors (Lipinski definition) is 1. The average Bonchev–Trinajstić information content (AvgIpc) is 2.25. The summed E-state index contributed by atoms with van der Waals surface area (Å²) in [5, 5.41) is 0. The number of aromatic nitrogens is 1. The Morgan fingerprint density at radius 2 is 1.95 bits per heavy atom. The number of sulfone groups is 1. The SMILES string of the molecule is Cc1cccc(-c2[nH]c(=S)sc(=S)c2S(C)(=O)=O)c1. The Morgan fingerprint density at radius 1 is 1.26 bits per heavy atom. The maximum atomic E-state index is 11.9.